The maximum absolute atomic E-state index is 11.0. The molecule has 0 aliphatic rings. The highest BCUT2D eigenvalue weighted by molar-refractivity contribution is 6.37. The molecule has 0 unspecified atom stereocenters. The maximum Gasteiger partial charge on any atom is 0.288 e. The van der Waals surface area contributed by atoms with Crippen LogP contribution < -0.4 is 9.47 Å². The highest BCUT2D eigenvalue weighted by Crippen LogP contribution is 2.34. The van der Waals surface area contributed by atoms with Crippen molar-refractivity contribution in [1.29, 1.82) is 0 Å². The largest absolute Gasteiger partial charge is 0.487 e. The quantitative estimate of drug-likeness (QED) is 0.459. The Bertz CT molecular complexity index is 963. The summed E-state index contributed by atoms with van der Waals surface area (Å²) >= 11 is 12.2. The molecule has 0 aliphatic carbocycles. The first-order valence-electron chi connectivity index (χ1n) is 7.19. The van der Waals surface area contributed by atoms with Gasteiger partial charge in [-0.1, -0.05) is 35.3 Å². The third kappa shape index (κ3) is 3.45. The standard InChI is InChI=1S/C17H12Cl2N2O4/c1-24-15-8-5-10-3-2-4-14(17(10)20-15)25-9-11-12(18)6-7-13(16(11)19)21(22)23/h2-8H,9H2,1H3. The average Bonchev–Trinajstić information content (AvgIpc) is 2.60. The van der Waals surface area contributed by atoms with E-state index in [1.165, 1.54) is 19.2 Å². The van der Waals surface area contributed by atoms with Crippen LogP contribution in [0.5, 0.6) is 11.6 Å². The Labute approximate surface area is 153 Å². The van der Waals surface area contributed by atoms with Crippen LogP contribution in [0.3, 0.4) is 0 Å². The molecular weight excluding hydrogens is 367 g/mol. The first-order chi connectivity index (χ1) is 12.0. The molecule has 6 nitrogen and oxygen atoms in total. The predicted molar refractivity (Wildman–Crippen MR) is 95.7 cm³/mol. The lowest BCUT2D eigenvalue weighted by Crippen LogP contribution is -2.01. The highest BCUT2D eigenvalue weighted by atomic mass is 35.5. The van der Waals surface area contributed by atoms with Gasteiger partial charge in [0.25, 0.3) is 5.69 Å². The number of hydrogen-bond donors (Lipinski definition) is 0. The lowest BCUT2D eigenvalue weighted by molar-refractivity contribution is -0.384. The predicted octanol–water partition coefficient (Wildman–Crippen LogP) is 5.04. The van der Waals surface area contributed by atoms with E-state index in [1.54, 1.807) is 12.1 Å². The normalized spacial score (nSPS) is 10.7. The van der Waals surface area contributed by atoms with E-state index in [9.17, 15) is 10.1 Å². The third-order valence-electron chi connectivity index (χ3n) is 3.60. The van der Waals surface area contributed by atoms with E-state index in [4.69, 9.17) is 32.7 Å². The van der Waals surface area contributed by atoms with Gasteiger partial charge in [-0.05, 0) is 18.2 Å². The molecule has 128 valence electrons. The molecule has 1 heterocycles. The molecule has 3 aromatic rings. The minimum absolute atomic E-state index is 0.0304. The fraction of sp³-hybridized carbons (Fsp3) is 0.118. The van der Waals surface area contributed by atoms with Crippen molar-refractivity contribution in [2.24, 2.45) is 0 Å². The summed E-state index contributed by atoms with van der Waals surface area (Å²) in [4.78, 5) is 14.8. The summed E-state index contributed by atoms with van der Waals surface area (Å²) in [5.74, 6) is 0.949. The third-order valence-corrected chi connectivity index (χ3v) is 4.38. The van der Waals surface area contributed by atoms with Crippen molar-refractivity contribution in [3.8, 4) is 11.6 Å². The Morgan fingerprint density at radius 2 is 1.96 bits per heavy atom. The number of methoxy groups -OCH3 is 1. The van der Waals surface area contributed by atoms with Crippen molar-refractivity contribution < 1.29 is 14.4 Å². The maximum atomic E-state index is 11.0. The number of nitrogens with zero attached hydrogens (tertiary/aromatic N) is 2. The lowest BCUT2D eigenvalue weighted by Gasteiger charge is -2.12. The number of rotatable bonds is 5. The van der Waals surface area contributed by atoms with Crippen LogP contribution in [0.4, 0.5) is 5.69 Å². The lowest BCUT2D eigenvalue weighted by atomic mass is 10.2. The monoisotopic (exact) mass is 378 g/mol. The van der Waals surface area contributed by atoms with Gasteiger partial charge in [-0.3, -0.25) is 10.1 Å². The number of aromatic nitrogens is 1. The Morgan fingerprint density at radius 1 is 1.16 bits per heavy atom. The number of para-hydroxylation sites is 1. The van der Waals surface area contributed by atoms with E-state index in [1.807, 2.05) is 18.2 Å². The molecule has 0 spiro atoms. The van der Waals surface area contributed by atoms with Gasteiger partial charge < -0.3 is 9.47 Å². The molecule has 0 fully saturated rings. The molecular formula is C17H12Cl2N2O4. The molecule has 0 bridgehead atoms. The summed E-state index contributed by atoms with van der Waals surface area (Å²) in [6.45, 7) is -0.0304. The number of nitro benzene ring substituents is 1. The summed E-state index contributed by atoms with van der Waals surface area (Å²) in [5, 5.41) is 12.1. The van der Waals surface area contributed by atoms with Gasteiger partial charge in [0.1, 0.15) is 22.9 Å². The van der Waals surface area contributed by atoms with Crippen LogP contribution in [0.25, 0.3) is 10.9 Å². The molecule has 0 saturated heterocycles. The molecule has 0 saturated carbocycles. The zero-order valence-corrected chi connectivity index (χ0v) is 14.5. The Morgan fingerprint density at radius 3 is 2.68 bits per heavy atom. The van der Waals surface area contributed by atoms with E-state index < -0.39 is 4.92 Å². The van der Waals surface area contributed by atoms with Gasteiger partial charge in [0, 0.05) is 28.1 Å². The molecule has 2 aromatic carbocycles. The summed E-state index contributed by atoms with van der Waals surface area (Å²) in [6.07, 6.45) is 0. The van der Waals surface area contributed by atoms with Gasteiger partial charge in [0.15, 0.2) is 0 Å². The minimum atomic E-state index is -0.563. The molecule has 0 atom stereocenters. The fourth-order valence-corrected chi connectivity index (χ4v) is 2.89. The van der Waals surface area contributed by atoms with Crippen molar-refractivity contribution in [1.82, 2.24) is 4.98 Å². The van der Waals surface area contributed by atoms with Crippen molar-refractivity contribution in [2.45, 2.75) is 6.61 Å². The summed E-state index contributed by atoms with van der Waals surface area (Å²) in [5.41, 5.74) is 0.735. The van der Waals surface area contributed by atoms with Gasteiger partial charge in [0.05, 0.1) is 12.0 Å². The number of hydrogen-bond acceptors (Lipinski definition) is 5. The minimum Gasteiger partial charge on any atom is -0.487 e. The molecule has 1 aromatic heterocycles. The van der Waals surface area contributed by atoms with Crippen LogP contribution in [-0.2, 0) is 6.61 Å². The van der Waals surface area contributed by atoms with Crippen molar-refractivity contribution >= 4 is 39.8 Å². The van der Waals surface area contributed by atoms with E-state index in [0.29, 0.717) is 27.7 Å². The SMILES string of the molecule is COc1ccc2cccc(OCc3c(Cl)ccc([N+](=O)[O-])c3Cl)c2n1. The second-order valence-corrected chi connectivity index (χ2v) is 5.87. The average molecular weight is 379 g/mol. The number of fused-ring (bicyclic) bond motifs is 1. The molecule has 0 aliphatic heterocycles. The van der Waals surface area contributed by atoms with Gasteiger partial charge in [-0.15, -0.1) is 0 Å². The van der Waals surface area contributed by atoms with Crippen molar-refractivity contribution in [3.05, 3.63) is 68.2 Å². The van der Waals surface area contributed by atoms with Crippen LogP contribution >= 0.6 is 23.2 Å². The number of benzene rings is 2. The Hall–Kier alpha value is -2.57. The van der Waals surface area contributed by atoms with Crippen LogP contribution in [-0.4, -0.2) is 17.0 Å². The number of pyridine rings is 1. The fourth-order valence-electron chi connectivity index (χ4n) is 2.34. The smallest absolute Gasteiger partial charge is 0.288 e. The second-order valence-electron chi connectivity index (χ2n) is 5.09. The van der Waals surface area contributed by atoms with E-state index in [-0.39, 0.29) is 17.3 Å². The molecule has 0 N–H and O–H groups in total. The van der Waals surface area contributed by atoms with Crippen LogP contribution in [0.2, 0.25) is 10.0 Å². The van der Waals surface area contributed by atoms with Crippen molar-refractivity contribution in [2.75, 3.05) is 7.11 Å². The van der Waals surface area contributed by atoms with E-state index in [0.717, 1.165) is 5.39 Å². The molecule has 0 radical (unpaired) electrons. The van der Waals surface area contributed by atoms with Crippen LogP contribution in [0.1, 0.15) is 5.56 Å². The van der Waals surface area contributed by atoms with Crippen LogP contribution in [0.15, 0.2) is 42.5 Å². The van der Waals surface area contributed by atoms with Crippen molar-refractivity contribution in [3.63, 3.8) is 0 Å². The topological polar surface area (TPSA) is 74.5 Å². The highest BCUT2D eigenvalue weighted by Gasteiger charge is 2.19. The van der Waals surface area contributed by atoms with Gasteiger partial charge in [-0.25, -0.2) is 4.98 Å². The summed E-state index contributed by atoms with van der Waals surface area (Å²) in [7, 11) is 1.53. The first kappa shape index (κ1) is 17.3. The number of nitro groups is 1. The Balaban J connectivity index is 1.96. The summed E-state index contributed by atoms with van der Waals surface area (Å²) in [6, 6.07) is 11.8. The van der Waals surface area contributed by atoms with Gasteiger partial charge >= 0.3 is 0 Å². The molecule has 3 rings (SSSR count). The molecule has 25 heavy (non-hydrogen) atoms. The Kier molecular flexibility index (Phi) is 4.92. The van der Waals surface area contributed by atoms with Gasteiger partial charge in [-0.2, -0.15) is 0 Å². The second kappa shape index (κ2) is 7.13. The summed E-state index contributed by atoms with van der Waals surface area (Å²) < 4.78 is 10.9. The van der Waals surface area contributed by atoms with Crippen LogP contribution in [0, 0.1) is 10.1 Å². The number of ether oxygens (including phenoxy) is 2. The molecule has 8 heteroatoms. The first-order valence-corrected chi connectivity index (χ1v) is 7.94. The zero-order valence-electron chi connectivity index (χ0n) is 13.0. The molecule has 0 amide bonds. The van der Waals surface area contributed by atoms with Gasteiger partial charge in [0.2, 0.25) is 5.88 Å². The van der Waals surface area contributed by atoms with E-state index >= 15 is 0 Å². The zero-order chi connectivity index (χ0) is 18.0. The number of halogens is 2. The van der Waals surface area contributed by atoms with E-state index in [2.05, 4.69) is 4.98 Å².